The minimum absolute atomic E-state index is 0.0714. The number of aromatic nitrogens is 1. The van der Waals surface area contributed by atoms with E-state index in [9.17, 15) is 13.2 Å². The van der Waals surface area contributed by atoms with Gasteiger partial charge in [-0.2, -0.15) is 0 Å². The molecule has 0 spiro atoms. The standard InChI is InChI=1S/C21H28N4O4S/c1-16(2)25-9-3-8-24-15-19(14-20(24)21(25)26)30(27,28)22-17-4-6-18(7-5-17)23-10-12-29-13-11-23/h4-7,14-16,22H,3,8-13H2,1-2H3. The number of fused-ring (bicyclic) bond motifs is 1. The summed E-state index contributed by atoms with van der Waals surface area (Å²) >= 11 is 0. The zero-order chi connectivity index (χ0) is 21.3. The summed E-state index contributed by atoms with van der Waals surface area (Å²) in [4.78, 5) is 16.9. The van der Waals surface area contributed by atoms with Gasteiger partial charge in [0.05, 0.1) is 13.2 Å². The van der Waals surface area contributed by atoms with Crippen LogP contribution in [0.5, 0.6) is 0 Å². The van der Waals surface area contributed by atoms with E-state index in [1.165, 1.54) is 6.07 Å². The Hall–Kier alpha value is -2.52. The van der Waals surface area contributed by atoms with E-state index in [4.69, 9.17) is 4.74 Å². The molecule has 1 aromatic heterocycles. The Kier molecular flexibility index (Phi) is 5.75. The van der Waals surface area contributed by atoms with Crippen LogP contribution in [0.4, 0.5) is 11.4 Å². The van der Waals surface area contributed by atoms with Crippen LogP contribution in [0.15, 0.2) is 41.4 Å². The van der Waals surface area contributed by atoms with Crippen LogP contribution in [-0.4, -0.2) is 62.7 Å². The topological polar surface area (TPSA) is 83.9 Å². The fraction of sp³-hybridized carbons (Fsp3) is 0.476. The van der Waals surface area contributed by atoms with Gasteiger partial charge in [-0.05, 0) is 50.6 Å². The molecule has 1 amide bonds. The lowest BCUT2D eigenvalue weighted by Gasteiger charge is -2.28. The average molecular weight is 433 g/mol. The minimum atomic E-state index is -3.79. The van der Waals surface area contributed by atoms with E-state index in [0.29, 0.717) is 37.7 Å². The molecule has 2 aliphatic rings. The highest BCUT2D eigenvalue weighted by atomic mass is 32.2. The van der Waals surface area contributed by atoms with Crippen molar-refractivity contribution in [3.63, 3.8) is 0 Å². The van der Waals surface area contributed by atoms with Gasteiger partial charge in [0.25, 0.3) is 15.9 Å². The molecule has 1 aromatic carbocycles. The average Bonchev–Trinajstić information content (AvgIpc) is 3.10. The number of nitrogens with zero attached hydrogens (tertiary/aromatic N) is 3. The molecule has 9 heteroatoms. The number of carbonyl (C=O) groups excluding carboxylic acids is 1. The number of sulfonamides is 1. The zero-order valence-electron chi connectivity index (χ0n) is 17.4. The Bertz CT molecular complexity index is 1010. The lowest BCUT2D eigenvalue weighted by molar-refractivity contribution is 0.0709. The number of nitrogens with one attached hydrogen (secondary N) is 1. The first kappa shape index (κ1) is 20.7. The smallest absolute Gasteiger partial charge is 0.270 e. The Morgan fingerprint density at radius 1 is 1.03 bits per heavy atom. The SMILES string of the molecule is CC(C)N1CCCn2cc(S(=O)(=O)Nc3ccc(N4CCOCC4)cc3)cc2C1=O. The van der Waals surface area contributed by atoms with Crippen molar-refractivity contribution in [3.05, 3.63) is 42.2 Å². The van der Waals surface area contributed by atoms with E-state index in [1.54, 1.807) is 27.8 Å². The summed E-state index contributed by atoms with van der Waals surface area (Å²) in [5.41, 5.74) is 1.95. The summed E-state index contributed by atoms with van der Waals surface area (Å²) in [6, 6.07) is 8.88. The summed E-state index contributed by atoms with van der Waals surface area (Å²) in [5.74, 6) is -0.126. The first-order valence-corrected chi connectivity index (χ1v) is 11.8. The van der Waals surface area contributed by atoms with Gasteiger partial charge >= 0.3 is 0 Å². The number of amides is 1. The van der Waals surface area contributed by atoms with Gasteiger partial charge in [-0.15, -0.1) is 0 Å². The number of ether oxygens (including phenoxy) is 1. The van der Waals surface area contributed by atoms with Crippen LogP contribution < -0.4 is 9.62 Å². The summed E-state index contributed by atoms with van der Waals surface area (Å²) in [5, 5.41) is 0. The maximum Gasteiger partial charge on any atom is 0.270 e. The molecule has 0 radical (unpaired) electrons. The van der Waals surface area contributed by atoms with Gasteiger partial charge in [-0.25, -0.2) is 8.42 Å². The van der Waals surface area contributed by atoms with Crippen LogP contribution in [0.25, 0.3) is 0 Å². The minimum Gasteiger partial charge on any atom is -0.378 e. The van der Waals surface area contributed by atoms with Gasteiger partial charge in [-0.3, -0.25) is 9.52 Å². The second kappa shape index (κ2) is 8.31. The monoisotopic (exact) mass is 432 g/mol. The largest absolute Gasteiger partial charge is 0.378 e. The van der Waals surface area contributed by atoms with E-state index in [-0.39, 0.29) is 16.8 Å². The molecule has 8 nitrogen and oxygen atoms in total. The van der Waals surface area contributed by atoms with Gasteiger partial charge in [-0.1, -0.05) is 0 Å². The Labute approximate surface area is 177 Å². The van der Waals surface area contributed by atoms with Crippen molar-refractivity contribution in [2.45, 2.75) is 37.8 Å². The number of hydrogen-bond acceptors (Lipinski definition) is 5. The molecule has 3 heterocycles. The van der Waals surface area contributed by atoms with E-state index >= 15 is 0 Å². The summed E-state index contributed by atoms with van der Waals surface area (Å²) in [7, 11) is -3.79. The van der Waals surface area contributed by atoms with Crippen molar-refractivity contribution >= 4 is 27.3 Å². The van der Waals surface area contributed by atoms with Crippen molar-refractivity contribution < 1.29 is 17.9 Å². The maximum atomic E-state index is 12.9. The molecule has 0 saturated carbocycles. The Morgan fingerprint density at radius 3 is 2.40 bits per heavy atom. The van der Waals surface area contributed by atoms with Crippen molar-refractivity contribution in [2.75, 3.05) is 42.5 Å². The summed E-state index contributed by atoms with van der Waals surface area (Å²) < 4.78 is 35.6. The first-order chi connectivity index (χ1) is 14.3. The highest BCUT2D eigenvalue weighted by Crippen LogP contribution is 2.24. The Morgan fingerprint density at radius 2 is 1.73 bits per heavy atom. The van der Waals surface area contributed by atoms with Crippen LogP contribution in [0.3, 0.4) is 0 Å². The van der Waals surface area contributed by atoms with Gasteiger partial charge in [0.15, 0.2) is 0 Å². The van der Waals surface area contributed by atoms with E-state index in [1.807, 2.05) is 26.0 Å². The highest BCUT2D eigenvalue weighted by Gasteiger charge is 2.28. The number of morpholine rings is 1. The maximum absolute atomic E-state index is 12.9. The second-order valence-electron chi connectivity index (χ2n) is 7.95. The molecule has 1 N–H and O–H groups in total. The number of hydrogen-bond donors (Lipinski definition) is 1. The molecule has 2 aliphatic heterocycles. The van der Waals surface area contributed by atoms with E-state index < -0.39 is 10.0 Å². The van der Waals surface area contributed by atoms with Crippen LogP contribution in [0, 0.1) is 0 Å². The molecule has 0 atom stereocenters. The molecule has 1 fully saturated rings. The number of rotatable bonds is 5. The normalized spacial score (nSPS) is 17.8. The highest BCUT2D eigenvalue weighted by molar-refractivity contribution is 7.92. The van der Waals surface area contributed by atoms with Crippen molar-refractivity contribution in [3.8, 4) is 0 Å². The van der Waals surface area contributed by atoms with Gasteiger partial charge < -0.3 is 19.1 Å². The lowest BCUT2D eigenvalue weighted by atomic mass is 10.2. The predicted molar refractivity (Wildman–Crippen MR) is 116 cm³/mol. The summed E-state index contributed by atoms with van der Waals surface area (Å²) in [6.07, 6.45) is 2.35. The molecule has 4 rings (SSSR count). The van der Waals surface area contributed by atoms with Crippen molar-refractivity contribution in [1.82, 2.24) is 9.47 Å². The quantitative estimate of drug-likeness (QED) is 0.784. The molecular formula is C21H28N4O4S. The third kappa shape index (κ3) is 4.17. The second-order valence-corrected chi connectivity index (χ2v) is 9.63. The van der Waals surface area contributed by atoms with E-state index in [2.05, 4.69) is 9.62 Å². The van der Waals surface area contributed by atoms with Gasteiger partial charge in [0, 0.05) is 49.8 Å². The third-order valence-corrected chi connectivity index (χ3v) is 6.93. The zero-order valence-corrected chi connectivity index (χ0v) is 18.2. The van der Waals surface area contributed by atoms with Crippen molar-refractivity contribution in [2.24, 2.45) is 0 Å². The fourth-order valence-electron chi connectivity index (χ4n) is 3.92. The number of benzene rings is 1. The molecule has 0 aliphatic carbocycles. The van der Waals surface area contributed by atoms with E-state index in [0.717, 1.165) is 25.2 Å². The molecule has 0 bridgehead atoms. The van der Waals surface area contributed by atoms with Crippen LogP contribution in [0.2, 0.25) is 0 Å². The molecule has 1 saturated heterocycles. The lowest BCUT2D eigenvalue weighted by Crippen LogP contribution is -2.36. The van der Waals surface area contributed by atoms with Gasteiger partial charge in [0.1, 0.15) is 10.6 Å². The molecule has 2 aromatic rings. The first-order valence-electron chi connectivity index (χ1n) is 10.3. The Balaban J connectivity index is 1.52. The van der Waals surface area contributed by atoms with Crippen LogP contribution >= 0.6 is 0 Å². The summed E-state index contributed by atoms with van der Waals surface area (Å²) in [6.45, 7) is 8.27. The predicted octanol–water partition coefficient (Wildman–Crippen LogP) is 2.38. The number of aryl methyl sites for hydroxylation is 1. The molecule has 162 valence electrons. The fourth-order valence-corrected chi connectivity index (χ4v) is 5.02. The van der Waals surface area contributed by atoms with Crippen molar-refractivity contribution in [1.29, 1.82) is 0 Å². The molecular weight excluding hydrogens is 404 g/mol. The molecule has 0 unspecified atom stereocenters. The third-order valence-electron chi connectivity index (χ3n) is 5.58. The van der Waals surface area contributed by atoms with Gasteiger partial charge in [0.2, 0.25) is 0 Å². The number of anilines is 2. The van der Waals surface area contributed by atoms with Crippen LogP contribution in [-0.2, 0) is 21.3 Å². The van der Waals surface area contributed by atoms with Crippen LogP contribution in [0.1, 0.15) is 30.8 Å². The molecule has 30 heavy (non-hydrogen) atoms. The number of carbonyl (C=O) groups is 1.